The first-order valence-corrected chi connectivity index (χ1v) is 7.81. The molecule has 0 fully saturated rings. The summed E-state index contributed by atoms with van der Waals surface area (Å²) < 4.78 is 5.68. The highest BCUT2D eigenvalue weighted by Crippen LogP contribution is 2.18. The van der Waals surface area contributed by atoms with Crippen molar-refractivity contribution in [3.63, 3.8) is 0 Å². The van der Waals surface area contributed by atoms with E-state index in [-0.39, 0.29) is 0 Å². The molecule has 0 saturated carbocycles. The number of aromatic hydroxyl groups is 1. The predicted octanol–water partition coefficient (Wildman–Crippen LogP) is 2.74. The third-order valence-corrected chi connectivity index (χ3v) is 2.66. The Kier molecular flexibility index (Phi) is 3.11. The van der Waals surface area contributed by atoms with Crippen molar-refractivity contribution in [3.05, 3.63) is 29.8 Å². The summed E-state index contributed by atoms with van der Waals surface area (Å²) in [5.74, 6) is 0.320. The van der Waals surface area contributed by atoms with E-state index in [1.807, 2.05) is 18.2 Å². The van der Waals surface area contributed by atoms with Crippen molar-refractivity contribution in [1.82, 2.24) is 0 Å². The van der Waals surface area contributed by atoms with Gasteiger partial charge < -0.3 is 9.53 Å². The molecule has 13 heavy (non-hydrogen) atoms. The van der Waals surface area contributed by atoms with Gasteiger partial charge in [-0.15, -0.1) is 0 Å². The Balaban J connectivity index is 2.60. The Bertz CT molecular complexity index is 278. The number of phenols is 1. The molecule has 1 aromatic carbocycles. The van der Waals surface area contributed by atoms with E-state index in [1.165, 1.54) is 0 Å². The number of para-hydroxylation sites is 1. The maximum absolute atomic E-state index is 9.44. The van der Waals surface area contributed by atoms with E-state index in [1.54, 1.807) is 6.07 Å². The highest BCUT2D eigenvalue weighted by Gasteiger charge is 2.14. The van der Waals surface area contributed by atoms with Gasteiger partial charge in [0.2, 0.25) is 0 Å². The molecule has 0 aromatic heterocycles. The number of benzene rings is 1. The highest BCUT2D eigenvalue weighted by atomic mass is 28.4. The van der Waals surface area contributed by atoms with Crippen LogP contribution in [0.5, 0.6) is 5.75 Å². The zero-order chi connectivity index (χ0) is 9.90. The van der Waals surface area contributed by atoms with Crippen LogP contribution >= 0.6 is 0 Å². The van der Waals surface area contributed by atoms with E-state index in [2.05, 4.69) is 19.6 Å². The van der Waals surface area contributed by atoms with Gasteiger partial charge in [-0.25, -0.2) is 0 Å². The molecule has 0 aliphatic rings. The van der Waals surface area contributed by atoms with E-state index in [4.69, 9.17) is 4.43 Å². The van der Waals surface area contributed by atoms with Crippen molar-refractivity contribution in [2.75, 3.05) is 0 Å². The summed E-state index contributed by atoms with van der Waals surface area (Å²) in [4.78, 5) is 0. The van der Waals surface area contributed by atoms with Gasteiger partial charge in [0.05, 0.1) is 6.61 Å². The lowest BCUT2D eigenvalue weighted by Gasteiger charge is -2.17. The molecule has 72 valence electrons. The van der Waals surface area contributed by atoms with Crippen LogP contribution in [0.25, 0.3) is 0 Å². The second-order valence-corrected chi connectivity index (χ2v) is 8.54. The number of rotatable bonds is 3. The van der Waals surface area contributed by atoms with Crippen molar-refractivity contribution < 1.29 is 9.53 Å². The zero-order valence-corrected chi connectivity index (χ0v) is 9.37. The summed E-state index contributed by atoms with van der Waals surface area (Å²) in [5, 5.41) is 9.44. The molecule has 0 aliphatic carbocycles. The molecule has 0 amide bonds. The van der Waals surface area contributed by atoms with Gasteiger partial charge in [0.25, 0.3) is 0 Å². The van der Waals surface area contributed by atoms with Gasteiger partial charge >= 0.3 is 0 Å². The van der Waals surface area contributed by atoms with Crippen LogP contribution in [0.15, 0.2) is 24.3 Å². The normalized spacial score (nSPS) is 11.6. The van der Waals surface area contributed by atoms with Gasteiger partial charge in [-0.3, -0.25) is 0 Å². The molecule has 2 nitrogen and oxygen atoms in total. The summed E-state index contributed by atoms with van der Waals surface area (Å²) >= 11 is 0. The molecule has 1 rings (SSSR count). The van der Waals surface area contributed by atoms with E-state index in [0.717, 1.165) is 5.56 Å². The molecule has 0 aliphatic heterocycles. The topological polar surface area (TPSA) is 29.5 Å². The largest absolute Gasteiger partial charge is 0.508 e. The van der Waals surface area contributed by atoms with Crippen molar-refractivity contribution in [2.24, 2.45) is 0 Å². The van der Waals surface area contributed by atoms with Crippen LogP contribution in [0.1, 0.15) is 5.56 Å². The first-order chi connectivity index (χ1) is 5.99. The highest BCUT2D eigenvalue weighted by molar-refractivity contribution is 6.69. The average molecular weight is 196 g/mol. The van der Waals surface area contributed by atoms with Gasteiger partial charge in [0.1, 0.15) is 5.75 Å². The Morgan fingerprint density at radius 2 is 1.85 bits per heavy atom. The van der Waals surface area contributed by atoms with E-state index >= 15 is 0 Å². The summed E-state index contributed by atoms with van der Waals surface area (Å²) in [5.41, 5.74) is 0.866. The molecule has 0 bridgehead atoms. The minimum absolute atomic E-state index is 0.320. The fourth-order valence-corrected chi connectivity index (χ4v) is 1.52. The lowest BCUT2D eigenvalue weighted by molar-refractivity contribution is 0.292. The summed E-state index contributed by atoms with van der Waals surface area (Å²) in [6.07, 6.45) is 0. The lowest BCUT2D eigenvalue weighted by Crippen LogP contribution is -2.24. The lowest BCUT2D eigenvalue weighted by atomic mass is 10.2. The molecule has 0 heterocycles. The molecule has 0 unspecified atom stereocenters. The van der Waals surface area contributed by atoms with Crippen LogP contribution < -0.4 is 0 Å². The summed E-state index contributed by atoms with van der Waals surface area (Å²) in [6, 6.07) is 7.29. The first-order valence-electron chi connectivity index (χ1n) is 4.40. The fraction of sp³-hybridized carbons (Fsp3) is 0.400. The monoisotopic (exact) mass is 196 g/mol. The van der Waals surface area contributed by atoms with Crippen LogP contribution in [-0.2, 0) is 11.0 Å². The van der Waals surface area contributed by atoms with E-state index < -0.39 is 8.32 Å². The van der Waals surface area contributed by atoms with Crippen LogP contribution in [0, 0.1) is 0 Å². The molecule has 0 saturated heterocycles. The molecule has 1 aromatic rings. The molecule has 0 radical (unpaired) electrons. The van der Waals surface area contributed by atoms with Crippen LogP contribution in [0.2, 0.25) is 19.6 Å². The standard InChI is InChI=1S/C10H16O2Si/c1-13(2,3)12-8-9-6-4-5-7-10(9)11/h4-7,11H,8H2,1-3H3. The molecule has 0 atom stereocenters. The average Bonchev–Trinajstić information content (AvgIpc) is 2.01. The number of phenolic OH excluding ortho intramolecular Hbond substituents is 1. The smallest absolute Gasteiger partial charge is 0.184 e. The second kappa shape index (κ2) is 3.94. The molecular formula is C10H16O2Si. The number of hydrogen-bond acceptors (Lipinski definition) is 2. The minimum atomic E-state index is -1.47. The van der Waals surface area contributed by atoms with Crippen LogP contribution in [-0.4, -0.2) is 13.4 Å². The fourth-order valence-electron chi connectivity index (χ4n) is 0.927. The first kappa shape index (κ1) is 10.3. The van der Waals surface area contributed by atoms with Crippen molar-refractivity contribution in [3.8, 4) is 5.75 Å². The van der Waals surface area contributed by atoms with Gasteiger partial charge in [-0.2, -0.15) is 0 Å². The summed E-state index contributed by atoms with van der Waals surface area (Å²) in [7, 11) is -1.47. The minimum Gasteiger partial charge on any atom is -0.508 e. The Morgan fingerprint density at radius 1 is 1.23 bits per heavy atom. The molecular weight excluding hydrogens is 180 g/mol. The van der Waals surface area contributed by atoms with E-state index in [9.17, 15) is 5.11 Å². The SMILES string of the molecule is C[Si](C)(C)OCc1ccccc1O. The Labute approximate surface area is 80.3 Å². The Hall–Kier alpha value is -0.803. The van der Waals surface area contributed by atoms with Crippen LogP contribution in [0.3, 0.4) is 0 Å². The van der Waals surface area contributed by atoms with Crippen molar-refractivity contribution in [1.29, 1.82) is 0 Å². The van der Waals surface area contributed by atoms with Crippen molar-refractivity contribution in [2.45, 2.75) is 26.2 Å². The third kappa shape index (κ3) is 3.61. The number of hydrogen-bond donors (Lipinski definition) is 1. The van der Waals surface area contributed by atoms with Gasteiger partial charge in [0.15, 0.2) is 8.32 Å². The second-order valence-electron chi connectivity index (χ2n) is 4.03. The van der Waals surface area contributed by atoms with Gasteiger partial charge in [-0.05, 0) is 25.7 Å². The van der Waals surface area contributed by atoms with Crippen molar-refractivity contribution >= 4 is 8.32 Å². The summed E-state index contributed by atoms with van der Waals surface area (Å²) in [6.45, 7) is 6.91. The maximum atomic E-state index is 9.44. The Morgan fingerprint density at radius 3 is 2.38 bits per heavy atom. The van der Waals surface area contributed by atoms with Gasteiger partial charge in [-0.1, -0.05) is 18.2 Å². The maximum Gasteiger partial charge on any atom is 0.184 e. The zero-order valence-electron chi connectivity index (χ0n) is 8.37. The third-order valence-electron chi connectivity index (χ3n) is 1.65. The predicted molar refractivity (Wildman–Crippen MR) is 56.2 cm³/mol. The molecule has 1 N–H and O–H groups in total. The van der Waals surface area contributed by atoms with Crippen LogP contribution in [0.4, 0.5) is 0 Å². The van der Waals surface area contributed by atoms with E-state index in [0.29, 0.717) is 12.4 Å². The molecule has 0 spiro atoms. The quantitative estimate of drug-likeness (QED) is 0.753. The molecule has 3 heteroatoms. The van der Waals surface area contributed by atoms with Gasteiger partial charge in [0, 0.05) is 5.56 Å².